The normalized spacial score (nSPS) is 25.9. The van der Waals surface area contributed by atoms with Gasteiger partial charge in [-0.3, -0.25) is 10.1 Å². The van der Waals surface area contributed by atoms with E-state index in [4.69, 9.17) is 0 Å². The van der Waals surface area contributed by atoms with Gasteiger partial charge in [0, 0.05) is 12.3 Å². The summed E-state index contributed by atoms with van der Waals surface area (Å²) in [5.74, 6) is 0.0775. The second-order valence-corrected chi connectivity index (χ2v) is 7.66. The van der Waals surface area contributed by atoms with Gasteiger partial charge in [0.05, 0.1) is 18.0 Å². The summed E-state index contributed by atoms with van der Waals surface area (Å²) in [5.41, 5.74) is 0. The lowest BCUT2D eigenvalue weighted by atomic mass is 10.1. The highest BCUT2D eigenvalue weighted by Crippen LogP contribution is 2.20. The Morgan fingerprint density at radius 3 is 2.47 bits per heavy atom. The fourth-order valence-corrected chi connectivity index (χ4v) is 3.73. The van der Waals surface area contributed by atoms with E-state index in [2.05, 4.69) is 12.2 Å². The number of unbranched alkanes of at least 4 members (excludes halogenated alkanes) is 1. The minimum atomic E-state index is -3.07. The number of carbonyl (C=O) groups excluding carboxylic acids is 1. The molecule has 0 aliphatic carbocycles. The first-order valence-corrected chi connectivity index (χ1v) is 9.12. The van der Waals surface area contributed by atoms with E-state index in [1.54, 1.807) is 4.90 Å². The van der Waals surface area contributed by atoms with E-state index in [-0.39, 0.29) is 29.9 Å². The number of nitrogens with one attached hydrogen (secondary N) is 1. The molecule has 1 heterocycles. The van der Waals surface area contributed by atoms with Crippen LogP contribution in [0.2, 0.25) is 0 Å². The minimum absolute atomic E-state index is 0.0252. The highest BCUT2D eigenvalue weighted by atomic mass is 32.2. The molecular weight excluding hydrogens is 264 g/mol. The second-order valence-electron chi connectivity index (χ2n) is 5.47. The van der Waals surface area contributed by atoms with Crippen molar-refractivity contribution in [2.24, 2.45) is 0 Å². The molecule has 0 aromatic rings. The van der Waals surface area contributed by atoms with Crippen LogP contribution in [0, 0.1) is 0 Å². The topological polar surface area (TPSA) is 66.5 Å². The molecule has 3 unspecified atom stereocenters. The Morgan fingerprint density at radius 1 is 1.37 bits per heavy atom. The van der Waals surface area contributed by atoms with Crippen LogP contribution in [0.1, 0.15) is 46.5 Å². The fraction of sp³-hybridized carbons (Fsp3) is 0.923. The quantitative estimate of drug-likeness (QED) is 0.764. The van der Waals surface area contributed by atoms with E-state index in [0.29, 0.717) is 0 Å². The van der Waals surface area contributed by atoms with Crippen molar-refractivity contribution in [1.29, 1.82) is 0 Å². The van der Waals surface area contributed by atoms with E-state index in [1.807, 2.05) is 13.8 Å². The van der Waals surface area contributed by atoms with Gasteiger partial charge in [-0.05, 0) is 19.8 Å². The third-order valence-corrected chi connectivity index (χ3v) is 4.62. The van der Waals surface area contributed by atoms with Crippen LogP contribution in [0.25, 0.3) is 0 Å². The number of carbonyl (C=O) groups is 1. The maximum absolute atomic E-state index is 12.4. The molecule has 112 valence electrons. The molecule has 1 N–H and O–H groups in total. The summed E-state index contributed by atoms with van der Waals surface area (Å²) in [6.45, 7) is 5.92. The highest BCUT2D eigenvalue weighted by Gasteiger charge is 2.40. The van der Waals surface area contributed by atoms with Crippen molar-refractivity contribution in [1.82, 2.24) is 10.2 Å². The summed E-state index contributed by atoms with van der Waals surface area (Å²) in [7, 11) is -3.07. The lowest BCUT2D eigenvalue weighted by Crippen LogP contribution is -2.45. The van der Waals surface area contributed by atoms with Crippen LogP contribution in [-0.2, 0) is 14.6 Å². The van der Waals surface area contributed by atoms with Gasteiger partial charge >= 0.3 is 0 Å². The fourth-order valence-electron chi connectivity index (χ4n) is 2.69. The smallest absolute Gasteiger partial charge is 0.241 e. The average molecular weight is 290 g/mol. The Hall–Kier alpha value is -0.620. The van der Waals surface area contributed by atoms with Crippen molar-refractivity contribution in [2.75, 3.05) is 12.0 Å². The molecule has 19 heavy (non-hydrogen) atoms. The van der Waals surface area contributed by atoms with Crippen molar-refractivity contribution in [3.05, 3.63) is 0 Å². The van der Waals surface area contributed by atoms with Gasteiger partial charge in [-0.1, -0.05) is 26.7 Å². The van der Waals surface area contributed by atoms with Gasteiger partial charge in [0.15, 0.2) is 0 Å². The van der Waals surface area contributed by atoms with Crippen molar-refractivity contribution < 1.29 is 13.2 Å². The van der Waals surface area contributed by atoms with E-state index in [1.165, 1.54) is 6.26 Å². The third-order valence-electron chi connectivity index (χ3n) is 3.53. The summed E-state index contributed by atoms with van der Waals surface area (Å²) in [4.78, 5) is 14.1. The minimum Gasteiger partial charge on any atom is -0.322 e. The number of rotatable bonds is 7. The molecule has 1 amide bonds. The van der Waals surface area contributed by atoms with Crippen LogP contribution in [-0.4, -0.2) is 49.5 Å². The predicted molar refractivity (Wildman–Crippen MR) is 76.5 cm³/mol. The molecule has 0 saturated carbocycles. The Bertz CT molecular complexity index is 408. The molecule has 1 rings (SSSR count). The molecule has 0 aromatic carbocycles. The first-order valence-electron chi connectivity index (χ1n) is 7.06. The molecular formula is C13H26N2O3S. The van der Waals surface area contributed by atoms with Gasteiger partial charge in [0.25, 0.3) is 0 Å². The molecule has 1 fully saturated rings. The summed E-state index contributed by atoms with van der Waals surface area (Å²) in [6, 6.07) is -0.418. The Morgan fingerprint density at radius 2 is 2.00 bits per heavy atom. The van der Waals surface area contributed by atoms with Crippen LogP contribution < -0.4 is 5.32 Å². The van der Waals surface area contributed by atoms with Gasteiger partial charge in [0.2, 0.25) is 5.91 Å². The van der Waals surface area contributed by atoms with Crippen molar-refractivity contribution in [3.8, 4) is 0 Å². The monoisotopic (exact) mass is 290 g/mol. The molecule has 5 nitrogen and oxygen atoms in total. The molecule has 0 bridgehead atoms. The first-order chi connectivity index (χ1) is 8.80. The predicted octanol–water partition coefficient (Wildman–Crippen LogP) is 1.15. The number of hydrogen-bond acceptors (Lipinski definition) is 4. The average Bonchev–Trinajstić information content (AvgIpc) is 2.61. The zero-order valence-electron chi connectivity index (χ0n) is 12.3. The van der Waals surface area contributed by atoms with Crippen LogP contribution in [0.4, 0.5) is 0 Å². The van der Waals surface area contributed by atoms with Gasteiger partial charge in [-0.15, -0.1) is 0 Å². The maximum Gasteiger partial charge on any atom is 0.241 e. The molecule has 1 aliphatic heterocycles. The SMILES string of the molecule is CCCCC1NC(CC)N(C(C)CS(C)(=O)=O)C1=O. The zero-order chi connectivity index (χ0) is 14.6. The maximum atomic E-state index is 12.4. The van der Waals surface area contributed by atoms with E-state index in [9.17, 15) is 13.2 Å². The summed E-state index contributed by atoms with van der Waals surface area (Å²) in [5, 5.41) is 3.32. The summed E-state index contributed by atoms with van der Waals surface area (Å²) in [6.07, 6.45) is 4.87. The molecule has 1 aliphatic rings. The van der Waals surface area contributed by atoms with E-state index < -0.39 is 9.84 Å². The Kier molecular flexibility index (Phi) is 5.80. The molecule has 0 radical (unpaired) electrons. The molecule has 0 aromatic heterocycles. The van der Waals surface area contributed by atoms with Gasteiger partial charge in [-0.2, -0.15) is 0 Å². The first kappa shape index (κ1) is 16.4. The Balaban J connectivity index is 2.77. The Labute approximate surface area is 116 Å². The van der Waals surface area contributed by atoms with Crippen LogP contribution in [0.3, 0.4) is 0 Å². The molecule has 6 heteroatoms. The number of sulfone groups is 1. The lowest BCUT2D eigenvalue weighted by Gasteiger charge is -2.29. The van der Waals surface area contributed by atoms with E-state index in [0.717, 1.165) is 25.7 Å². The molecule has 1 saturated heterocycles. The standard InChI is InChI=1S/C13H26N2O3S/c1-5-7-8-11-13(16)15(12(6-2)14-11)10(3)9-19(4,17)18/h10-12,14H,5-9H2,1-4H3. The number of nitrogens with zero attached hydrogens (tertiary/aromatic N) is 1. The molecule has 0 spiro atoms. The van der Waals surface area contributed by atoms with Crippen molar-refractivity contribution >= 4 is 15.7 Å². The largest absolute Gasteiger partial charge is 0.322 e. The summed E-state index contributed by atoms with van der Waals surface area (Å²) >= 11 is 0. The van der Waals surface area contributed by atoms with Gasteiger partial charge < -0.3 is 4.90 Å². The van der Waals surface area contributed by atoms with Crippen LogP contribution >= 0.6 is 0 Å². The third kappa shape index (κ3) is 4.45. The van der Waals surface area contributed by atoms with Crippen LogP contribution in [0.5, 0.6) is 0 Å². The summed E-state index contributed by atoms with van der Waals surface area (Å²) < 4.78 is 22.8. The van der Waals surface area contributed by atoms with Crippen molar-refractivity contribution in [2.45, 2.75) is 64.7 Å². The number of amides is 1. The molecule has 3 atom stereocenters. The van der Waals surface area contributed by atoms with E-state index >= 15 is 0 Å². The lowest BCUT2D eigenvalue weighted by molar-refractivity contribution is -0.131. The highest BCUT2D eigenvalue weighted by molar-refractivity contribution is 7.90. The zero-order valence-corrected chi connectivity index (χ0v) is 13.2. The van der Waals surface area contributed by atoms with Gasteiger partial charge in [0.1, 0.15) is 9.84 Å². The number of hydrogen-bond donors (Lipinski definition) is 1. The second kappa shape index (κ2) is 6.70. The van der Waals surface area contributed by atoms with Crippen molar-refractivity contribution in [3.63, 3.8) is 0 Å². The van der Waals surface area contributed by atoms with Crippen LogP contribution in [0.15, 0.2) is 0 Å². The van der Waals surface area contributed by atoms with Gasteiger partial charge in [-0.25, -0.2) is 8.42 Å².